The minimum atomic E-state index is -0.916. The first kappa shape index (κ1) is 15.3. The molecule has 1 saturated carbocycles. The Labute approximate surface area is 124 Å². The Balaban J connectivity index is 2.09. The van der Waals surface area contributed by atoms with Crippen LogP contribution in [0.25, 0.3) is 0 Å². The normalized spacial score (nSPS) is 14.5. The van der Waals surface area contributed by atoms with E-state index in [1.165, 1.54) is 19.3 Å². The molecular weight excluding hydrogens is 272 g/mol. The van der Waals surface area contributed by atoms with Crippen LogP contribution in [-0.4, -0.2) is 26.8 Å². The zero-order valence-corrected chi connectivity index (χ0v) is 13.0. The molecule has 0 amide bonds. The number of carboxylic acids is 1. The van der Waals surface area contributed by atoms with Crippen molar-refractivity contribution in [2.75, 3.05) is 5.75 Å². The fourth-order valence-corrected chi connectivity index (χ4v) is 3.22. The van der Waals surface area contributed by atoms with Crippen LogP contribution < -0.4 is 0 Å². The van der Waals surface area contributed by atoms with Crippen LogP contribution in [0.2, 0.25) is 0 Å². The Bertz CT molecular complexity index is 487. The molecule has 1 heterocycles. The summed E-state index contributed by atoms with van der Waals surface area (Å²) in [6.07, 6.45) is 7.02. The number of aromatic carboxylic acids is 1. The Kier molecular flexibility index (Phi) is 5.40. The Morgan fingerprint density at radius 2 is 2.05 bits per heavy atom. The van der Waals surface area contributed by atoms with Gasteiger partial charge in [-0.2, -0.15) is 0 Å². The first-order valence-electron chi connectivity index (χ1n) is 7.38. The first-order valence-corrected chi connectivity index (χ1v) is 8.36. The summed E-state index contributed by atoms with van der Waals surface area (Å²) in [6.45, 7) is 3.96. The van der Waals surface area contributed by atoms with E-state index in [9.17, 15) is 9.90 Å². The van der Waals surface area contributed by atoms with Crippen molar-refractivity contribution in [3.8, 4) is 0 Å². The van der Waals surface area contributed by atoms with Crippen LogP contribution in [0.4, 0.5) is 0 Å². The van der Waals surface area contributed by atoms with Crippen molar-refractivity contribution in [2.45, 2.75) is 63.3 Å². The van der Waals surface area contributed by atoms with E-state index in [0.29, 0.717) is 16.6 Å². The van der Waals surface area contributed by atoms with Crippen LogP contribution in [-0.2, 0) is 0 Å². The molecule has 2 rings (SSSR count). The fourth-order valence-electron chi connectivity index (χ4n) is 2.14. The predicted molar refractivity (Wildman–Crippen MR) is 80.6 cm³/mol. The molecule has 1 aromatic heterocycles. The van der Waals surface area contributed by atoms with Crippen molar-refractivity contribution in [1.29, 1.82) is 0 Å². The van der Waals surface area contributed by atoms with Crippen LogP contribution in [0, 0.1) is 6.92 Å². The zero-order valence-electron chi connectivity index (χ0n) is 12.2. The lowest BCUT2D eigenvalue weighted by molar-refractivity contribution is 0.0690. The van der Waals surface area contributed by atoms with E-state index in [1.807, 2.05) is 0 Å². The number of thioether (sulfide) groups is 1. The summed E-state index contributed by atoms with van der Waals surface area (Å²) >= 11 is 1.57. The van der Waals surface area contributed by atoms with Gasteiger partial charge in [0.15, 0.2) is 0 Å². The summed E-state index contributed by atoms with van der Waals surface area (Å²) < 4.78 is 0. The third-order valence-corrected chi connectivity index (χ3v) is 4.53. The lowest BCUT2D eigenvalue weighted by Gasteiger charge is -2.09. The van der Waals surface area contributed by atoms with Gasteiger partial charge in [-0.1, -0.05) is 26.2 Å². The molecule has 1 aromatic rings. The molecule has 4 nitrogen and oxygen atoms in total. The average Bonchev–Trinajstić information content (AvgIpc) is 3.21. The minimum absolute atomic E-state index is 0.287. The van der Waals surface area contributed by atoms with E-state index in [0.717, 1.165) is 30.8 Å². The van der Waals surface area contributed by atoms with E-state index < -0.39 is 5.97 Å². The van der Waals surface area contributed by atoms with E-state index in [2.05, 4.69) is 16.9 Å². The van der Waals surface area contributed by atoms with Gasteiger partial charge >= 0.3 is 5.97 Å². The van der Waals surface area contributed by atoms with E-state index in [4.69, 9.17) is 0 Å². The van der Waals surface area contributed by atoms with Gasteiger partial charge in [0.25, 0.3) is 0 Å². The lowest BCUT2D eigenvalue weighted by Crippen LogP contribution is -2.09. The van der Waals surface area contributed by atoms with Crippen LogP contribution in [0.3, 0.4) is 0 Å². The van der Waals surface area contributed by atoms with Gasteiger partial charge in [0.1, 0.15) is 16.4 Å². The summed E-state index contributed by atoms with van der Waals surface area (Å²) in [4.78, 5) is 20.3. The highest BCUT2D eigenvalue weighted by Crippen LogP contribution is 2.39. The predicted octanol–water partition coefficient (Wildman–Crippen LogP) is 4.03. The number of carboxylic acid groups (broad SMARTS) is 1. The highest BCUT2D eigenvalue weighted by molar-refractivity contribution is 7.99. The molecule has 0 bridgehead atoms. The van der Waals surface area contributed by atoms with Crippen molar-refractivity contribution in [2.24, 2.45) is 0 Å². The van der Waals surface area contributed by atoms with Gasteiger partial charge in [0.2, 0.25) is 0 Å². The summed E-state index contributed by atoms with van der Waals surface area (Å²) in [6, 6.07) is 0. The van der Waals surface area contributed by atoms with E-state index in [1.54, 1.807) is 18.7 Å². The van der Waals surface area contributed by atoms with E-state index >= 15 is 0 Å². The number of unbranched alkanes of at least 4 members (excludes halogenated alkanes) is 3. The molecule has 0 atom stereocenters. The number of hydrogen-bond acceptors (Lipinski definition) is 4. The minimum Gasteiger partial charge on any atom is -0.478 e. The van der Waals surface area contributed by atoms with Crippen LogP contribution in [0.1, 0.15) is 73.2 Å². The van der Waals surface area contributed by atoms with Crippen molar-refractivity contribution in [1.82, 2.24) is 9.97 Å². The molecule has 1 aliphatic carbocycles. The second-order valence-corrected chi connectivity index (χ2v) is 6.42. The Morgan fingerprint density at radius 3 is 2.65 bits per heavy atom. The highest BCUT2D eigenvalue weighted by Gasteiger charge is 2.29. The van der Waals surface area contributed by atoms with Crippen molar-refractivity contribution >= 4 is 17.7 Å². The maximum atomic E-state index is 11.4. The SMILES string of the molecule is CCCCCCSc1nc(C2CC2)nc(C)c1C(=O)O. The molecule has 0 radical (unpaired) electrons. The Hall–Kier alpha value is -1.10. The van der Waals surface area contributed by atoms with Crippen LogP contribution in [0.15, 0.2) is 5.03 Å². The molecule has 5 heteroatoms. The van der Waals surface area contributed by atoms with Gasteiger partial charge < -0.3 is 5.11 Å². The van der Waals surface area contributed by atoms with Gasteiger partial charge in [-0.3, -0.25) is 0 Å². The van der Waals surface area contributed by atoms with Gasteiger partial charge in [0.05, 0.1) is 5.69 Å². The molecule has 1 N–H and O–H groups in total. The standard InChI is InChI=1S/C15H22N2O2S/c1-3-4-5-6-9-20-14-12(15(18)19)10(2)16-13(17-14)11-7-8-11/h11H,3-9H2,1-2H3,(H,18,19). The number of carbonyl (C=O) groups is 1. The number of hydrogen-bond donors (Lipinski definition) is 1. The topological polar surface area (TPSA) is 63.1 Å². The summed E-state index contributed by atoms with van der Waals surface area (Å²) in [5.41, 5.74) is 0.889. The molecule has 110 valence electrons. The molecule has 1 aliphatic rings. The molecule has 0 spiro atoms. The van der Waals surface area contributed by atoms with Crippen molar-refractivity contribution in [3.63, 3.8) is 0 Å². The maximum absolute atomic E-state index is 11.4. The number of aryl methyl sites for hydroxylation is 1. The molecule has 20 heavy (non-hydrogen) atoms. The summed E-state index contributed by atoms with van der Waals surface area (Å²) in [5, 5.41) is 9.99. The van der Waals surface area contributed by atoms with Crippen LogP contribution in [0.5, 0.6) is 0 Å². The second kappa shape index (κ2) is 7.07. The molecule has 0 unspecified atom stereocenters. The zero-order chi connectivity index (χ0) is 14.5. The first-order chi connectivity index (χ1) is 9.63. The van der Waals surface area contributed by atoms with Crippen molar-refractivity contribution < 1.29 is 9.90 Å². The molecule has 0 saturated heterocycles. The maximum Gasteiger partial charge on any atom is 0.340 e. The van der Waals surface area contributed by atoms with Gasteiger partial charge in [-0.25, -0.2) is 14.8 Å². The number of rotatable bonds is 8. The average molecular weight is 294 g/mol. The third-order valence-electron chi connectivity index (χ3n) is 3.47. The van der Waals surface area contributed by atoms with E-state index in [-0.39, 0.29) is 5.56 Å². The van der Waals surface area contributed by atoms with Gasteiger partial charge in [-0.05, 0) is 31.9 Å². The number of nitrogens with zero attached hydrogens (tertiary/aromatic N) is 2. The summed E-state index contributed by atoms with van der Waals surface area (Å²) in [5.74, 6) is 1.31. The number of aromatic nitrogens is 2. The molecular formula is C15H22N2O2S. The van der Waals surface area contributed by atoms with Crippen molar-refractivity contribution in [3.05, 3.63) is 17.1 Å². The quantitative estimate of drug-likeness (QED) is 0.445. The molecule has 0 aliphatic heterocycles. The summed E-state index contributed by atoms with van der Waals surface area (Å²) in [7, 11) is 0. The van der Waals surface area contributed by atoms with Gasteiger partial charge in [-0.15, -0.1) is 11.8 Å². The third kappa shape index (κ3) is 3.95. The second-order valence-electron chi connectivity index (χ2n) is 5.34. The van der Waals surface area contributed by atoms with Crippen LogP contribution >= 0.6 is 11.8 Å². The molecule has 1 fully saturated rings. The monoisotopic (exact) mass is 294 g/mol. The largest absolute Gasteiger partial charge is 0.478 e. The van der Waals surface area contributed by atoms with Gasteiger partial charge in [0, 0.05) is 5.92 Å². The smallest absolute Gasteiger partial charge is 0.340 e. The lowest BCUT2D eigenvalue weighted by atomic mass is 10.2. The Morgan fingerprint density at radius 1 is 1.30 bits per heavy atom. The highest BCUT2D eigenvalue weighted by atomic mass is 32.2. The molecule has 0 aromatic carbocycles. The fraction of sp³-hybridized carbons (Fsp3) is 0.667.